The van der Waals surface area contributed by atoms with Crippen molar-refractivity contribution in [1.29, 1.82) is 0 Å². The number of halogens is 1. The van der Waals surface area contributed by atoms with Gasteiger partial charge in [0.2, 0.25) is 5.91 Å². The Morgan fingerprint density at radius 1 is 1.37 bits per heavy atom. The lowest BCUT2D eigenvalue weighted by Crippen LogP contribution is -2.44. The van der Waals surface area contributed by atoms with Crippen molar-refractivity contribution in [1.82, 2.24) is 4.90 Å². The smallest absolute Gasteiger partial charge is 0.332 e. The summed E-state index contributed by atoms with van der Waals surface area (Å²) in [5, 5.41) is 10.9. The van der Waals surface area contributed by atoms with Crippen molar-refractivity contribution in [2.24, 2.45) is 0 Å². The van der Waals surface area contributed by atoms with E-state index in [2.05, 4.69) is 0 Å². The van der Waals surface area contributed by atoms with Gasteiger partial charge < -0.3 is 19.5 Å². The van der Waals surface area contributed by atoms with Gasteiger partial charge in [-0.05, 0) is 62.8 Å². The summed E-state index contributed by atoms with van der Waals surface area (Å²) in [5.74, 6) is 0.108. The van der Waals surface area contributed by atoms with Crippen LogP contribution in [0.15, 0.2) is 36.1 Å². The topological polar surface area (TPSA) is 76.1 Å². The standard InChI is InChI=1S/C23H32ClNO5/c1-2-30-23(28)17-29-14-4-3-13-25-20(9-6-10-22(25)27)11-12-21(26)16-18-7-5-8-19(24)15-18/h5,7-8,12,15,20,26H,2-4,6,9-11,13-14,16-17H2,1H3/b21-12-/t20-/m1/s1. The average Bonchev–Trinajstić information content (AvgIpc) is 2.70. The molecular formula is C23H32ClNO5. The zero-order chi connectivity index (χ0) is 21.8. The fourth-order valence-electron chi connectivity index (χ4n) is 3.59. The molecule has 30 heavy (non-hydrogen) atoms. The highest BCUT2D eigenvalue weighted by molar-refractivity contribution is 6.30. The number of unbranched alkanes of at least 4 members (excludes halogenated alkanes) is 1. The summed E-state index contributed by atoms with van der Waals surface area (Å²) in [4.78, 5) is 25.6. The quantitative estimate of drug-likeness (QED) is 0.297. The first-order valence-electron chi connectivity index (χ1n) is 10.6. The fourth-order valence-corrected chi connectivity index (χ4v) is 3.80. The molecule has 0 saturated carbocycles. The molecule has 1 aliphatic heterocycles. The molecule has 2 rings (SSSR count). The highest BCUT2D eigenvalue weighted by atomic mass is 35.5. The Morgan fingerprint density at radius 3 is 2.97 bits per heavy atom. The molecule has 1 saturated heterocycles. The monoisotopic (exact) mass is 437 g/mol. The van der Waals surface area contributed by atoms with Crippen molar-refractivity contribution in [2.75, 3.05) is 26.4 Å². The summed E-state index contributed by atoms with van der Waals surface area (Å²) < 4.78 is 10.1. The molecule has 0 aromatic heterocycles. The summed E-state index contributed by atoms with van der Waals surface area (Å²) in [6.45, 7) is 3.21. The van der Waals surface area contributed by atoms with Gasteiger partial charge in [0, 0.05) is 37.1 Å². The number of esters is 1. The molecule has 1 amide bonds. The highest BCUT2D eigenvalue weighted by Crippen LogP contribution is 2.23. The number of piperidine rings is 1. The molecule has 1 aromatic rings. The van der Waals surface area contributed by atoms with Crippen LogP contribution < -0.4 is 0 Å². The third-order valence-electron chi connectivity index (χ3n) is 5.05. The van der Waals surface area contributed by atoms with Gasteiger partial charge in [-0.1, -0.05) is 23.7 Å². The van der Waals surface area contributed by atoms with E-state index in [0.717, 1.165) is 31.2 Å². The van der Waals surface area contributed by atoms with E-state index >= 15 is 0 Å². The molecule has 0 unspecified atom stereocenters. The van der Waals surface area contributed by atoms with Gasteiger partial charge >= 0.3 is 5.97 Å². The maximum absolute atomic E-state index is 12.4. The van der Waals surface area contributed by atoms with Crippen molar-refractivity contribution >= 4 is 23.5 Å². The first kappa shape index (κ1) is 24.2. The van der Waals surface area contributed by atoms with Crippen LogP contribution in [-0.4, -0.2) is 54.3 Å². The minimum atomic E-state index is -0.354. The second kappa shape index (κ2) is 13.3. The predicted molar refractivity (Wildman–Crippen MR) is 117 cm³/mol. The Morgan fingerprint density at radius 2 is 2.20 bits per heavy atom. The first-order chi connectivity index (χ1) is 14.5. The number of rotatable bonds is 12. The number of aliphatic hydroxyl groups is 1. The molecule has 6 nitrogen and oxygen atoms in total. The first-order valence-corrected chi connectivity index (χ1v) is 11.0. The van der Waals surface area contributed by atoms with Crippen LogP contribution in [0.2, 0.25) is 5.02 Å². The molecule has 0 spiro atoms. The third-order valence-corrected chi connectivity index (χ3v) is 5.29. The molecular weight excluding hydrogens is 406 g/mol. The van der Waals surface area contributed by atoms with E-state index in [-0.39, 0.29) is 24.5 Å². The number of aliphatic hydroxyl groups excluding tert-OH is 1. The average molecular weight is 438 g/mol. The number of hydrogen-bond acceptors (Lipinski definition) is 5. The highest BCUT2D eigenvalue weighted by Gasteiger charge is 2.26. The Balaban J connectivity index is 1.76. The molecule has 0 aliphatic carbocycles. The lowest BCUT2D eigenvalue weighted by atomic mass is 9.97. The number of ether oxygens (including phenoxy) is 2. The van der Waals surface area contributed by atoms with E-state index in [9.17, 15) is 14.7 Å². The molecule has 1 fully saturated rings. The normalized spacial score (nSPS) is 17.3. The van der Waals surface area contributed by atoms with Gasteiger partial charge in [-0.15, -0.1) is 0 Å². The van der Waals surface area contributed by atoms with Crippen LogP contribution in [0.1, 0.15) is 51.0 Å². The molecule has 0 bridgehead atoms. The van der Waals surface area contributed by atoms with Crippen LogP contribution in [0.25, 0.3) is 0 Å². The van der Waals surface area contributed by atoms with E-state index < -0.39 is 0 Å². The summed E-state index contributed by atoms with van der Waals surface area (Å²) in [6.07, 6.45) is 6.86. The Labute approximate surface area is 183 Å². The maximum atomic E-state index is 12.4. The van der Waals surface area contributed by atoms with Crippen molar-refractivity contribution in [3.05, 3.63) is 46.7 Å². The third kappa shape index (κ3) is 8.76. The Hall–Kier alpha value is -2.05. The summed E-state index contributed by atoms with van der Waals surface area (Å²) >= 11 is 5.99. The number of benzene rings is 1. The number of carbonyl (C=O) groups is 2. The van der Waals surface area contributed by atoms with E-state index in [4.69, 9.17) is 21.1 Å². The molecule has 166 valence electrons. The van der Waals surface area contributed by atoms with Crippen LogP contribution >= 0.6 is 11.6 Å². The zero-order valence-corrected chi connectivity index (χ0v) is 18.4. The molecule has 0 radical (unpaired) electrons. The minimum absolute atomic E-state index is 0.0319. The molecule has 1 aliphatic rings. The Kier molecular flexibility index (Phi) is 10.7. The predicted octanol–water partition coefficient (Wildman–Crippen LogP) is 4.46. The van der Waals surface area contributed by atoms with Crippen LogP contribution in [0.3, 0.4) is 0 Å². The van der Waals surface area contributed by atoms with Crippen molar-refractivity contribution in [3.8, 4) is 0 Å². The van der Waals surface area contributed by atoms with Crippen molar-refractivity contribution < 1.29 is 24.2 Å². The van der Waals surface area contributed by atoms with Gasteiger partial charge in [0.05, 0.1) is 12.4 Å². The molecule has 1 heterocycles. The largest absolute Gasteiger partial charge is 0.512 e. The fraction of sp³-hybridized carbons (Fsp3) is 0.565. The lowest BCUT2D eigenvalue weighted by Gasteiger charge is -2.35. The van der Waals surface area contributed by atoms with Crippen molar-refractivity contribution in [2.45, 2.75) is 57.9 Å². The molecule has 7 heteroatoms. The number of nitrogens with zero attached hydrogens (tertiary/aromatic N) is 1. The maximum Gasteiger partial charge on any atom is 0.332 e. The van der Waals surface area contributed by atoms with Gasteiger partial charge in [-0.2, -0.15) is 0 Å². The lowest BCUT2D eigenvalue weighted by molar-refractivity contribution is -0.148. The van der Waals surface area contributed by atoms with Gasteiger partial charge in [0.25, 0.3) is 0 Å². The number of carbonyl (C=O) groups excluding carboxylic acids is 2. The van der Waals surface area contributed by atoms with E-state index in [1.807, 2.05) is 29.2 Å². The number of allylic oxidation sites excluding steroid dienone is 1. The zero-order valence-electron chi connectivity index (χ0n) is 17.6. The second-order valence-electron chi connectivity index (χ2n) is 7.44. The SMILES string of the molecule is CCOC(=O)COCCCCN1C(=O)CCC[C@@H]1C/C=C(\O)Cc1cccc(Cl)c1. The van der Waals surface area contributed by atoms with Crippen LogP contribution in [-0.2, 0) is 25.5 Å². The number of hydrogen-bond donors (Lipinski definition) is 1. The molecule has 1 atom stereocenters. The van der Waals surface area contributed by atoms with Gasteiger partial charge in [0.1, 0.15) is 6.61 Å². The van der Waals surface area contributed by atoms with Crippen molar-refractivity contribution in [3.63, 3.8) is 0 Å². The van der Waals surface area contributed by atoms with E-state index in [1.54, 1.807) is 13.0 Å². The van der Waals surface area contributed by atoms with Gasteiger partial charge in [-0.25, -0.2) is 4.79 Å². The molecule has 1 aromatic carbocycles. The van der Waals surface area contributed by atoms with Crippen LogP contribution in [0.4, 0.5) is 0 Å². The van der Waals surface area contributed by atoms with Crippen LogP contribution in [0.5, 0.6) is 0 Å². The summed E-state index contributed by atoms with van der Waals surface area (Å²) in [7, 11) is 0. The van der Waals surface area contributed by atoms with Crippen LogP contribution in [0, 0.1) is 0 Å². The van der Waals surface area contributed by atoms with Gasteiger partial charge in [-0.3, -0.25) is 4.79 Å². The summed E-state index contributed by atoms with van der Waals surface area (Å²) in [5.41, 5.74) is 0.954. The van der Waals surface area contributed by atoms with E-state index in [0.29, 0.717) is 49.8 Å². The number of likely N-dealkylation sites (tertiary alicyclic amines) is 1. The second-order valence-corrected chi connectivity index (χ2v) is 7.87. The molecule has 1 N–H and O–H groups in total. The van der Waals surface area contributed by atoms with E-state index in [1.165, 1.54) is 0 Å². The number of amides is 1. The Bertz CT molecular complexity index is 721. The summed E-state index contributed by atoms with van der Waals surface area (Å²) in [6, 6.07) is 7.54. The minimum Gasteiger partial charge on any atom is -0.512 e. The van der Waals surface area contributed by atoms with Gasteiger partial charge in [0.15, 0.2) is 0 Å².